The van der Waals surface area contributed by atoms with Gasteiger partial charge >= 0.3 is 0 Å². The van der Waals surface area contributed by atoms with E-state index in [9.17, 15) is 9.18 Å². The number of carbonyl (C=O) groups is 1. The average molecular weight is 496 g/mol. The first kappa shape index (κ1) is 25.2. The molecule has 1 aromatic heterocycles. The normalized spacial score (nSPS) is 14.0. The van der Waals surface area contributed by atoms with Crippen LogP contribution in [0.15, 0.2) is 36.4 Å². The van der Waals surface area contributed by atoms with Crippen molar-refractivity contribution in [2.75, 3.05) is 58.5 Å². The van der Waals surface area contributed by atoms with Crippen LogP contribution in [-0.2, 0) is 4.74 Å². The second kappa shape index (κ2) is 11.6. The number of carbonyl (C=O) groups excluding carboxylic acids is 1. The minimum absolute atomic E-state index is 0. The smallest absolute Gasteiger partial charge is 0.260 e. The van der Waals surface area contributed by atoms with Gasteiger partial charge < -0.3 is 14.2 Å². The lowest BCUT2D eigenvalue weighted by atomic mass is 10.1. The maximum absolute atomic E-state index is 13.7. The fraction of sp³-hybridized carbons (Fsp3) is 0.391. The Morgan fingerprint density at radius 3 is 2.52 bits per heavy atom. The van der Waals surface area contributed by atoms with Crippen molar-refractivity contribution in [3.05, 3.63) is 47.8 Å². The number of benzene rings is 2. The minimum atomic E-state index is -0.324. The summed E-state index contributed by atoms with van der Waals surface area (Å²) in [6.45, 7) is 4.58. The zero-order valence-electron chi connectivity index (χ0n) is 18.6. The Bertz CT molecular complexity index is 1070. The second-order valence-electron chi connectivity index (χ2n) is 7.47. The maximum Gasteiger partial charge on any atom is 0.260 e. The molecular weight excluding hydrogens is 469 g/mol. The lowest BCUT2D eigenvalue weighted by molar-refractivity contribution is 0.0376. The first-order chi connectivity index (χ1) is 15.6. The summed E-state index contributed by atoms with van der Waals surface area (Å²) in [6.07, 6.45) is 0.775. The first-order valence-corrected chi connectivity index (χ1v) is 11.3. The molecule has 2 heterocycles. The number of hydrogen-bond acceptors (Lipinski definition) is 7. The number of thiazole rings is 1. The molecule has 0 spiro atoms. The number of halogens is 2. The van der Waals surface area contributed by atoms with Crippen LogP contribution < -0.4 is 14.4 Å². The van der Waals surface area contributed by atoms with Crippen LogP contribution in [0.3, 0.4) is 0 Å². The van der Waals surface area contributed by atoms with E-state index in [2.05, 4.69) is 9.88 Å². The molecule has 33 heavy (non-hydrogen) atoms. The summed E-state index contributed by atoms with van der Waals surface area (Å²) in [5.74, 6) is 0.541. The van der Waals surface area contributed by atoms with Gasteiger partial charge in [-0.2, -0.15) is 0 Å². The molecule has 2 aromatic carbocycles. The van der Waals surface area contributed by atoms with E-state index in [1.165, 1.54) is 23.5 Å². The molecular formula is C23H27ClFN3O4S. The number of rotatable bonds is 8. The number of hydrogen-bond donors (Lipinski definition) is 0. The monoisotopic (exact) mass is 495 g/mol. The Morgan fingerprint density at radius 2 is 1.85 bits per heavy atom. The fourth-order valence-electron chi connectivity index (χ4n) is 3.65. The van der Waals surface area contributed by atoms with Crippen LogP contribution in [0.5, 0.6) is 11.5 Å². The number of fused-ring (bicyclic) bond motifs is 1. The van der Waals surface area contributed by atoms with Gasteiger partial charge in [0.1, 0.15) is 17.3 Å². The highest BCUT2D eigenvalue weighted by atomic mass is 35.5. The Morgan fingerprint density at radius 1 is 1.15 bits per heavy atom. The first-order valence-electron chi connectivity index (χ1n) is 10.5. The summed E-state index contributed by atoms with van der Waals surface area (Å²) in [4.78, 5) is 22.2. The molecule has 4 rings (SSSR count). The third kappa shape index (κ3) is 6.11. The molecule has 1 amide bonds. The predicted octanol–water partition coefficient (Wildman–Crippen LogP) is 4.24. The van der Waals surface area contributed by atoms with E-state index in [0.29, 0.717) is 39.0 Å². The fourth-order valence-corrected chi connectivity index (χ4v) is 4.66. The van der Waals surface area contributed by atoms with Crippen molar-refractivity contribution in [3.63, 3.8) is 0 Å². The van der Waals surface area contributed by atoms with Crippen LogP contribution in [0.25, 0.3) is 10.2 Å². The topological polar surface area (TPSA) is 64.1 Å². The van der Waals surface area contributed by atoms with Crippen LogP contribution in [0.1, 0.15) is 16.8 Å². The molecule has 0 saturated carbocycles. The highest BCUT2D eigenvalue weighted by Crippen LogP contribution is 2.31. The molecule has 0 unspecified atom stereocenters. The Hall–Kier alpha value is -2.46. The number of morpholine rings is 1. The van der Waals surface area contributed by atoms with Crippen LogP contribution in [-0.4, -0.2) is 69.4 Å². The quantitative estimate of drug-likeness (QED) is 0.465. The van der Waals surface area contributed by atoms with Crippen LogP contribution in [0.2, 0.25) is 0 Å². The van der Waals surface area contributed by atoms with Crippen LogP contribution >= 0.6 is 23.7 Å². The van der Waals surface area contributed by atoms with E-state index in [0.717, 1.165) is 39.3 Å². The van der Waals surface area contributed by atoms with Gasteiger partial charge in [0.05, 0.1) is 37.6 Å². The van der Waals surface area contributed by atoms with E-state index in [4.69, 9.17) is 14.2 Å². The summed E-state index contributed by atoms with van der Waals surface area (Å²) < 4.78 is 30.5. The molecule has 1 saturated heterocycles. The van der Waals surface area contributed by atoms with Gasteiger partial charge in [0.2, 0.25) is 0 Å². The summed E-state index contributed by atoms with van der Waals surface area (Å²) in [6, 6.07) is 9.56. The summed E-state index contributed by atoms with van der Waals surface area (Å²) in [7, 11) is 3.09. The van der Waals surface area contributed by atoms with Crippen LogP contribution in [0.4, 0.5) is 9.52 Å². The predicted molar refractivity (Wildman–Crippen MR) is 130 cm³/mol. The molecule has 1 aliphatic rings. The standard InChI is InChI=1S/C23H26FN3O4S.ClH/c1-29-18-12-16(13-19(15-18)30-2)22(28)27(7-3-6-26-8-10-31-11-9-26)23-25-20-5-4-17(24)14-21(20)32-23;/h4-5,12-15H,3,6-11H2,1-2H3;1H. The van der Waals surface area contributed by atoms with Gasteiger partial charge in [0.15, 0.2) is 5.13 Å². The Balaban J connectivity index is 0.00000306. The molecule has 1 fully saturated rings. The largest absolute Gasteiger partial charge is 0.497 e. The molecule has 10 heteroatoms. The Kier molecular flexibility index (Phi) is 8.85. The number of nitrogens with zero attached hydrogens (tertiary/aromatic N) is 3. The molecule has 0 atom stereocenters. The van der Waals surface area contributed by atoms with Crippen molar-refractivity contribution in [2.45, 2.75) is 6.42 Å². The van der Waals surface area contributed by atoms with Crippen LogP contribution in [0, 0.1) is 5.82 Å². The average Bonchev–Trinajstić information content (AvgIpc) is 3.24. The number of methoxy groups -OCH3 is 2. The third-order valence-electron chi connectivity index (χ3n) is 5.37. The van der Waals surface area contributed by atoms with Crippen molar-refractivity contribution < 1.29 is 23.4 Å². The van der Waals surface area contributed by atoms with E-state index < -0.39 is 0 Å². The van der Waals surface area contributed by atoms with Crippen molar-refractivity contribution in [2.24, 2.45) is 0 Å². The van der Waals surface area contributed by atoms with Gasteiger partial charge in [-0.15, -0.1) is 12.4 Å². The number of anilines is 1. The molecule has 3 aromatic rings. The van der Waals surface area contributed by atoms with Gasteiger partial charge in [0.25, 0.3) is 5.91 Å². The number of ether oxygens (including phenoxy) is 3. The molecule has 178 valence electrons. The van der Waals surface area contributed by atoms with Gasteiger partial charge in [-0.3, -0.25) is 14.6 Å². The highest BCUT2D eigenvalue weighted by molar-refractivity contribution is 7.22. The van der Waals surface area contributed by atoms with E-state index in [1.54, 1.807) is 43.4 Å². The lowest BCUT2D eigenvalue weighted by Crippen LogP contribution is -2.39. The van der Waals surface area contributed by atoms with E-state index >= 15 is 0 Å². The van der Waals surface area contributed by atoms with Gasteiger partial charge in [-0.25, -0.2) is 9.37 Å². The van der Waals surface area contributed by atoms with Gasteiger partial charge in [0, 0.05) is 37.8 Å². The Labute approximate surface area is 202 Å². The van der Waals surface area contributed by atoms with Gasteiger partial charge in [-0.05, 0) is 36.8 Å². The summed E-state index contributed by atoms with van der Waals surface area (Å²) >= 11 is 1.31. The summed E-state index contributed by atoms with van der Waals surface area (Å²) in [5, 5.41) is 0.541. The molecule has 0 bridgehead atoms. The number of aromatic nitrogens is 1. The van der Waals surface area contributed by atoms with Crippen molar-refractivity contribution >= 4 is 45.0 Å². The van der Waals surface area contributed by atoms with Crippen molar-refractivity contribution in [3.8, 4) is 11.5 Å². The SMILES string of the molecule is COc1cc(OC)cc(C(=O)N(CCCN2CCOCC2)c2nc3ccc(F)cc3s2)c1.Cl. The molecule has 7 nitrogen and oxygen atoms in total. The minimum Gasteiger partial charge on any atom is -0.497 e. The third-order valence-corrected chi connectivity index (χ3v) is 6.41. The van der Waals surface area contributed by atoms with Crippen molar-refractivity contribution in [1.29, 1.82) is 0 Å². The molecule has 0 radical (unpaired) electrons. The zero-order chi connectivity index (χ0) is 22.5. The number of amides is 1. The van der Waals surface area contributed by atoms with E-state index in [-0.39, 0.29) is 24.1 Å². The zero-order valence-corrected chi connectivity index (χ0v) is 20.2. The van der Waals surface area contributed by atoms with Crippen molar-refractivity contribution in [1.82, 2.24) is 9.88 Å². The molecule has 0 aliphatic carbocycles. The van der Waals surface area contributed by atoms with E-state index in [1.807, 2.05) is 0 Å². The summed E-state index contributed by atoms with van der Waals surface area (Å²) in [5.41, 5.74) is 1.11. The highest BCUT2D eigenvalue weighted by Gasteiger charge is 2.23. The van der Waals surface area contributed by atoms with Gasteiger partial charge in [-0.1, -0.05) is 11.3 Å². The molecule has 1 aliphatic heterocycles. The second-order valence-corrected chi connectivity index (χ2v) is 8.48. The lowest BCUT2D eigenvalue weighted by Gasteiger charge is -2.27. The maximum atomic E-state index is 13.7. The molecule has 0 N–H and O–H groups in total.